The summed E-state index contributed by atoms with van der Waals surface area (Å²) in [6, 6.07) is 5.62. The Hall–Kier alpha value is -0.870. The molecule has 1 aliphatic heterocycles. The molecule has 2 aliphatic rings. The topological polar surface area (TPSA) is 60.2 Å². The molecule has 0 amide bonds. The fourth-order valence-corrected chi connectivity index (χ4v) is 3.95. The standard InChI is InChI=1S/C12H15NO2S/c13-12(5-6-12)10-3-4-11-9(8-10)2-1-7-16(11,14)15/h3-4,8H,1-2,5-7,13H2. The van der Waals surface area contributed by atoms with Crippen molar-refractivity contribution in [3.63, 3.8) is 0 Å². The van der Waals surface area contributed by atoms with Crippen LogP contribution >= 0.6 is 0 Å². The van der Waals surface area contributed by atoms with E-state index in [0.29, 0.717) is 4.90 Å². The van der Waals surface area contributed by atoms with Crippen molar-refractivity contribution in [1.82, 2.24) is 0 Å². The molecule has 1 aromatic carbocycles. The lowest BCUT2D eigenvalue weighted by molar-refractivity contribution is 0.586. The van der Waals surface area contributed by atoms with Crippen LogP contribution in [0.25, 0.3) is 0 Å². The van der Waals surface area contributed by atoms with Gasteiger partial charge in [-0.25, -0.2) is 8.42 Å². The normalized spacial score (nSPS) is 24.8. The molecular formula is C12H15NO2S. The second-order valence-corrected chi connectivity index (χ2v) is 6.98. The van der Waals surface area contributed by atoms with E-state index in [1.54, 1.807) is 6.07 Å². The maximum absolute atomic E-state index is 11.8. The van der Waals surface area contributed by atoms with E-state index in [2.05, 4.69) is 0 Å². The van der Waals surface area contributed by atoms with Crippen molar-refractivity contribution >= 4 is 9.84 Å². The maximum atomic E-state index is 11.8. The lowest BCUT2D eigenvalue weighted by atomic mass is 10.0. The SMILES string of the molecule is NC1(c2ccc3c(c2)CCCS3(=O)=O)CC1. The van der Waals surface area contributed by atoms with E-state index >= 15 is 0 Å². The van der Waals surface area contributed by atoms with Crippen LogP contribution in [-0.2, 0) is 21.8 Å². The molecule has 0 bridgehead atoms. The van der Waals surface area contributed by atoms with Crippen LogP contribution in [0, 0.1) is 0 Å². The van der Waals surface area contributed by atoms with Gasteiger partial charge in [0, 0.05) is 5.54 Å². The zero-order chi connectivity index (χ0) is 11.4. The van der Waals surface area contributed by atoms with Gasteiger partial charge in [-0.05, 0) is 42.9 Å². The van der Waals surface area contributed by atoms with Gasteiger partial charge in [0.25, 0.3) is 0 Å². The number of nitrogens with two attached hydrogens (primary N) is 1. The smallest absolute Gasteiger partial charge is 0.178 e. The van der Waals surface area contributed by atoms with Crippen LogP contribution in [0.5, 0.6) is 0 Å². The van der Waals surface area contributed by atoms with Crippen molar-refractivity contribution in [2.24, 2.45) is 5.73 Å². The molecule has 2 N–H and O–H groups in total. The molecule has 1 aromatic rings. The fourth-order valence-electron chi connectivity index (χ4n) is 2.37. The molecule has 1 heterocycles. The van der Waals surface area contributed by atoms with Gasteiger partial charge in [0.05, 0.1) is 10.6 Å². The number of sulfone groups is 1. The molecular weight excluding hydrogens is 222 g/mol. The molecule has 0 aromatic heterocycles. The van der Waals surface area contributed by atoms with Gasteiger partial charge in [0.15, 0.2) is 9.84 Å². The van der Waals surface area contributed by atoms with Crippen molar-refractivity contribution in [2.45, 2.75) is 36.1 Å². The van der Waals surface area contributed by atoms with Crippen LogP contribution in [0.3, 0.4) is 0 Å². The Morgan fingerprint density at radius 1 is 1.25 bits per heavy atom. The molecule has 86 valence electrons. The molecule has 16 heavy (non-hydrogen) atoms. The minimum absolute atomic E-state index is 0.170. The summed E-state index contributed by atoms with van der Waals surface area (Å²) in [7, 11) is -3.02. The maximum Gasteiger partial charge on any atom is 0.178 e. The number of fused-ring (bicyclic) bond motifs is 1. The van der Waals surface area contributed by atoms with Gasteiger partial charge in [-0.1, -0.05) is 12.1 Å². The first-order valence-corrected chi connectivity index (χ1v) is 7.32. The van der Waals surface area contributed by atoms with Crippen LogP contribution in [0.1, 0.15) is 30.4 Å². The minimum atomic E-state index is -3.02. The molecule has 4 heteroatoms. The molecule has 0 atom stereocenters. The molecule has 0 saturated heterocycles. The third kappa shape index (κ3) is 1.48. The van der Waals surface area contributed by atoms with Gasteiger partial charge in [0.1, 0.15) is 0 Å². The first kappa shape index (κ1) is 10.3. The quantitative estimate of drug-likeness (QED) is 0.802. The Morgan fingerprint density at radius 3 is 2.69 bits per heavy atom. The molecule has 3 rings (SSSR count). The van der Waals surface area contributed by atoms with E-state index in [1.807, 2.05) is 12.1 Å². The van der Waals surface area contributed by atoms with Gasteiger partial charge in [-0.3, -0.25) is 0 Å². The van der Waals surface area contributed by atoms with Gasteiger partial charge in [0.2, 0.25) is 0 Å². The Kier molecular flexibility index (Phi) is 1.98. The third-order valence-electron chi connectivity index (χ3n) is 3.62. The van der Waals surface area contributed by atoms with E-state index in [0.717, 1.165) is 36.8 Å². The Morgan fingerprint density at radius 2 is 2.00 bits per heavy atom. The van der Waals surface area contributed by atoms with Crippen molar-refractivity contribution in [3.8, 4) is 0 Å². The van der Waals surface area contributed by atoms with Crippen molar-refractivity contribution in [2.75, 3.05) is 5.75 Å². The largest absolute Gasteiger partial charge is 0.321 e. The first-order chi connectivity index (χ1) is 7.51. The van der Waals surface area contributed by atoms with Crippen LogP contribution in [0.15, 0.2) is 23.1 Å². The fraction of sp³-hybridized carbons (Fsp3) is 0.500. The summed E-state index contributed by atoms with van der Waals surface area (Å²) >= 11 is 0. The number of hydrogen-bond donors (Lipinski definition) is 1. The van der Waals surface area contributed by atoms with Crippen LogP contribution in [0.4, 0.5) is 0 Å². The van der Waals surface area contributed by atoms with Gasteiger partial charge >= 0.3 is 0 Å². The third-order valence-corrected chi connectivity index (χ3v) is 5.51. The summed E-state index contributed by atoms with van der Waals surface area (Å²) in [5.74, 6) is 0.285. The monoisotopic (exact) mass is 237 g/mol. The highest BCUT2D eigenvalue weighted by Gasteiger charge is 2.40. The van der Waals surface area contributed by atoms with Crippen molar-refractivity contribution in [1.29, 1.82) is 0 Å². The second kappa shape index (κ2) is 3.08. The van der Waals surface area contributed by atoms with E-state index in [-0.39, 0.29) is 11.3 Å². The Bertz CT molecular complexity index is 544. The van der Waals surface area contributed by atoms with Crippen molar-refractivity contribution in [3.05, 3.63) is 29.3 Å². The van der Waals surface area contributed by atoms with Gasteiger partial charge in [-0.2, -0.15) is 0 Å². The zero-order valence-corrected chi connectivity index (χ0v) is 9.89. The van der Waals surface area contributed by atoms with E-state index in [4.69, 9.17) is 5.73 Å². The molecule has 0 spiro atoms. The highest BCUT2D eigenvalue weighted by Crippen LogP contribution is 2.43. The summed E-state index contributed by atoms with van der Waals surface area (Å²) in [4.78, 5) is 0.520. The summed E-state index contributed by atoms with van der Waals surface area (Å²) < 4.78 is 23.6. The number of rotatable bonds is 1. The van der Waals surface area contributed by atoms with Crippen molar-refractivity contribution < 1.29 is 8.42 Å². The predicted molar refractivity (Wildman–Crippen MR) is 61.9 cm³/mol. The first-order valence-electron chi connectivity index (χ1n) is 5.66. The lowest BCUT2D eigenvalue weighted by Gasteiger charge is -2.19. The Balaban J connectivity index is 2.12. The molecule has 0 unspecified atom stereocenters. The molecule has 1 aliphatic carbocycles. The lowest BCUT2D eigenvalue weighted by Crippen LogP contribution is -2.21. The predicted octanol–water partition coefficient (Wildman–Crippen LogP) is 1.35. The van der Waals surface area contributed by atoms with Gasteiger partial charge in [-0.15, -0.1) is 0 Å². The molecule has 1 saturated carbocycles. The van der Waals surface area contributed by atoms with Crippen LogP contribution in [0.2, 0.25) is 0 Å². The van der Waals surface area contributed by atoms with Crippen LogP contribution in [-0.4, -0.2) is 14.2 Å². The molecule has 1 fully saturated rings. The van der Waals surface area contributed by atoms with Gasteiger partial charge < -0.3 is 5.73 Å². The molecule has 0 radical (unpaired) electrons. The summed E-state index contributed by atoms with van der Waals surface area (Å²) in [5, 5.41) is 0. The molecule has 3 nitrogen and oxygen atoms in total. The Labute approximate surface area is 95.6 Å². The average molecular weight is 237 g/mol. The summed E-state index contributed by atoms with van der Waals surface area (Å²) in [5.41, 5.74) is 8.01. The number of benzene rings is 1. The van der Waals surface area contributed by atoms with Crippen LogP contribution < -0.4 is 5.73 Å². The van der Waals surface area contributed by atoms with E-state index in [1.165, 1.54) is 0 Å². The van der Waals surface area contributed by atoms with E-state index < -0.39 is 9.84 Å². The number of aryl methyl sites for hydroxylation is 1. The number of hydrogen-bond acceptors (Lipinski definition) is 3. The van der Waals surface area contributed by atoms with E-state index in [9.17, 15) is 8.42 Å². The summed E-state index contributed by atoms with van der Waals surface area (Å²) in [6.45, 7) is 0. The average Bonchev–Trinajstić information content (AvgIpc) is 2.97. The highest BCUT2D eigenvalue weighted by atomic mass is 32.2. The second-order valence-electron chi connectivity index (χ2n) is 4.90. The highest BCUT2D eigenvalue weighted by molar-refractivity contribution is 7.91. The zero-order valence-electron chi connectivity index (χ0n) is 9.07. The summed E-state index contributed by atoms with van der Waals surface area (Å²) in [6.07, 6.45) is 3.62. The minimum Gasteiger partial charge on any atom is -0.321 e.